The standard InChI is InChI=1S/C11H19F3N2O3/c1-4-5-6-7(2)15-9(19)16-10(3,8(17)18)11(12,13)14/h7H,4-6H2,1-3H3,(H,17,18)(H2,15,16,19). The van der Waals surface area contributed by atoms with E-state index in [4.69, 9.17) is 5.11 Å². The van der Waals surface area contributed by atoms with Crippen molar-refractivity contribution >= 4 is 12.0 Å². The second kappa shape index (κ2) is 6.63. The van der Waals surface area contributed by atoms with Crippen molar-refractivity contribution in [1.29, 1.82) is 0 Å². The van der Waals surface area contributed by atoms with Crippen LogP contribution in [-0.4, -0.2) is 34.9 Å². The third kappa shape index (κ3) is 4.96. The molecule has 0 saturated heterocycles. The van der Waals surface area contributed by atoms with Crippen LogP contribution in [0, 0.1) is 0 Å². The zero-order valence-corrected chi connectivity index (χ0v) is 11.1. The quantitative estimate of drug-likeness (QED) is 0.700. The normalized spacial score (nSPS) is 16.3. The molecule has 0 bridgehead atoms. The first-order chi connectivity index (χ1) is 8.54. The summed E-state index contributed by atoms with van der Waals surface area (Å²) < 4.78 is 37.9. The van der Waals surface area contributed by atoms with Crippen LogP contribution >= 0.6 is 0 Å². The number of carboxylic acid groups (broad SMARTS) is 1. The number of halogens is 3. The van der Waals surface area contributed by atoms with E-state index in [0.29, 0.717) is 13.3 Å². The molecule has 2 atom stereocenters. The summed E-state index contributed by atoms with van der Waals surface area (Å²) in [5.74, 6) is -2.16. The van der Waals surface area contributed by atoms with Crippen molar-refractivity contribution in [3.8, 4) is 0 Å². The Morgan fingerprint density at radius 1 is 1.32 bits per heavy atom. The van der Waals surface area contributed by atoms with Gasteiger partial charge in [0.25, 0.3) is 0 Å². The molecule has 2 amide bonds. The number of unbranched alkanes of at least 4 members (excludes halogenated alkanes) is 1. The molecule has 0 aromatic heterocycles. The van der Waals surface area contributed by atoms with Crippen molar-refractivity contribution in [2.24, 2.45) is 0 Å². The lowest BCUT2D eigenvalue weighted by atomic mass is 10.0. The second-order valence-electron chi connectivity index (χ2n) is 4.57. The summed E-state index contributed by atoms with van der Waals surface area (Å²) in [6.45, 7) is 3.99. The molecule has 0 fully saturated rings. The molecule has 0 heterocycles. The van der Waals surface area contributed by atoms with E-state index in [9.17, 15) is 22.8 Å². The van der Waals surface area contributed by atoms with E-state index in [1.807, 2.05) is 6.92 Å². The molecular formula is C11H19F3N2O3. The average molecular weight is 284 g/mol. The number of carbonyl (C=O) groups excluding carboxylic acids is 1. The van der Waals surface area contributed by atoms with Gasteiger partial charge in [-0.15, -0.1) is 0 Å². The molecular weight excluding hydrogens is 265 g/mol. The number of hydrogen-bond acceptors (Lipinski definition) is 2. The van der Waals surface area contributed by atoms with E-state index in [2.05, 4.69) is 5.32 Å². The van der Waals surface area contributed by atoms with Crippen molar-refractivity contribution in [1.82, 2.24) is 10.6 Å². The van der Waals surface area contributed by atoms with E-state index >= 15 is 0 Å². The van der Waals surface area contributed by atoms with Crippen LogP contribution in [0.5, 0.6) is 0 Å². The Balaban J connectivity index is 4.63. The number of amides is 2. The maximum Gasteiger partial charge on any atom is 0.422 e. The minimum atomic E-state index is -5.08. The fourth-order valence-electron chi connectivity index (χ4n) is 1.32. The zero-order valence-electron chi connectivity index (χ0n) is 11.1. The van der Waals surface area contributed by atoms with E-state index in [1.54, 1.807) is 6.92 Å². The Hall–Kier alpha value is -1.47. The number of rotatable bonds is 6. The molecule has 112 valence electrons. The first-order valence-electron chi connectivity index (χ1n) is 5.93. The molecule has 0 spiro atoms. The lowest BCUT2D eigenvalue weighted by Gasteiger charge is -2.29. The molecule has 0 aliphatic heterocycles. The summed E-state index contributed by atoms with van der Waals surface area (Å²) in [7, 11) is 0. The number of carbonyl (C=O) groups is 2. The van der Waals surface area contributed by atoms with Crippen molar-refractivity contribution in [3.63, 3.8) is 0 Å². The van der Waals surface area contributed by atoms with Gasteiger partial charge in [-0.1, -0.05) is 19.8 Å². The van der Waals surface area contributed by atoms with Gasteiger partial charge in [0.15, 0.2) is 0 Å². The Labute approximate surface area is 109 Å². The number of alkyl halides is 3. The molecule has 0 aromatic rings. The molecule has 0 saturated carbocycles. The first kappa shape index (κ1) is 17.5. The highest BCUT2D eigenvalue weighted by Gasteiger charge is 2.58. The van der Waals surface area contributed by atoms with Gasteiger partial charge in [-0.3, -0.25) is 0 Å². The van der Waals surface area contributed by atoms with E-state index in [-0.39, 0.29) is 6.04 Å². The van der Waals surface area contributed by atoms with Gasteiger partial charge >= 0.3 is 18.2 Å². The Morgan fingerprint density at radius 2 is 1.84 bits per heavy atom. The smallest absolute Gasteiger partial charge is 0.422 e. The largest absolute Gasteiger partial charge is 0.479 e. The molecule has 0 aliphatic rings. The lowest BCUT2D eigenvalue weighted by Crippen LogP contribution is -2.64. The van der Waals surface area contributed by atoms with Gasteiger partial charge in [0.2, 0.25) is 5.54 Å². The van der Waals surface area contributed by atoms with Crippen molar-refractivity contribution < 1.29 is 27.9 Å². The summed E-state index contributed by atoms with van der Waals surface area (Å²) >= 11 is 0. The van der Waals surface area contributed by atoms with Crippen LogP contribution in [0.15, 0.2) is 0 Å². The molecule has 2 unspecified atom stereocenters. The topological polar surface area (TPSA) is 78.4 Å². The van der Waals surface area contributed by atoms with Gasteiger partial charge < -0.3 is 15.7 Å². The molecule has 0 aromatic carbocycles. The molecule has 0 radical (unpaired) electrons. The minimum absolute atomic E-state index is 0.328. The summed E-state index contributed by atoms with van der Waals surface area (Å²) in [4.78, 5) is 22.1. The minimum Gasteiger partial charge on any atom is -0.479 e. The summed E-state index contributed by atoms with van der Waals surface area (Å²) in [6.07, 6.45) is -2.76. The van der Waals surface area contributed by atoms with Crippen molar-refractivity contribution in [2.75, 3.05) is 0 Å². The summed E-state index contributed by atoms with van der Waals surface area (Å²) in [6, 6.07) is -1.47. The number of urea groups is 1. The third-order valence-electron chi connectivity index (χ3n) is 2.73. The molecule has 8 heteroatoms. The van der Waals surface area contributed by atoms with Gasteiger partial charge in [-0.2, -0.15) is 13.2 Å². The van der Waals surface area contributed by atoms with Crippen LogP contribution < -0.4 is 10.6 Å². The summed E-state index contributed by atoms with van der Waals surface area (Å²) in [5.41, 5.74) is -3.30. The third-order valence-corrected chi connectivity index (χ3v) is 2.73. The molecule has 5 nitrogen and oxygen atoms in total. The van der Waals surface area contributed by atoms with Crippen LogP contribution in [0.2, 0.25) is 0 Å². The van der Waals surface area contributed by atoms with E-state index in [1.165, 1.54) is 5.32 Å². The van der Waals surface area contributed by atoms with Crippen LogP contribution in [-0.2, 0) is 4.79 Å². The SMILES string of the molecule is CCCCC(C)NC(=O)NC(C)(C(=O)O)C(F)(F)F. The Bertz CT molecular complexity index is 334. The van der Waals surface area contributed by atoms with Gasteiger partial charge in [0.1, 0.15) is 0 Å². The maximum absolute atomic E-state index is 12.6. The molecule has 0 aliphatic carbocycles. The fourth-order valence-corrected chi connectivity index (χ4v) is 1.32. The van der Waals surface area contributed by atoms with Crippen LogP contribution in [0.3, 0.4) is 0 Å². The maximum atomic E-state index is 12.6. The van der Waals surface area contributed by atoms with Crippen LogP contribution in [0.4, 0.5) is 18.0 Å². The highest BCUT2D eigenvalue weighted by atomic mass is 19.4. The van der Waals surface area contributed by atoms with Crippen LogP contribution in [0.1, 0.15) is 40.0 Å². The summed E-state index contributed by atoms with van der Waals surface area (Å²) in [5, 5.41) is 12.4. The predicted octanol–water partition coefficient (Wildman–Crippen LogP) is 2.27. The van der Waals surface area contributed by atoms with E-state index in [0.717, 1.165) is 12.8 Å². The predicted molar refractivity (Wildman–Crippen MR) is 62.8 cm³/mol. The fraction of sp³-hybridized carbons (Fsp3) is 0.818. The monoisotopic (exact) mass is 284 g/mol. The second-order valence-corrected chi connectivity index (χ2v) is 4.57. The number of carboxylic acids is 1. The van der Waals surface area contributed by atoms with Gasteiger partial charge in [0.05, 0.1) is 0 Å². The van der Waals surface area contributed by atoms with E-state index < -0.39 is 23.7 Å². The van der Waals surface area contributed by atoms with Crippen molar-refractivity contribution in [2.45, 2.75) is 57.8 Å². The zero-order chi connectivity index (χ0) is 15.3. The highest BCUT2D eigenvalue weighted by molar-refractivity contribution is 5.86. The average Bonchev–Trinajstić information content (AvgIpc) is 2.24. The number of aliphatic carboxylic acids is 1. The Kier molecular flexibility index (Phi) is 6.11. The van der Waals surface area contributed by atoms with Crippen molar-refractivity contribution in [3.05, 3.63) is 0 Å². The molecule has 3 N–H and O–H groups in total. The highest BCUT2D eigenvalue weighted by Crippen LogP contribution is 2.30. The van der Waals surface area contributed by atoms with Gasteiger partial charge in [-0.25, -0.2) is 9.59 Å². The number of nitrogens with one attached hydrogen (secondary N) is 2. The van der Waals surface area contributed by atoms with Gasteiger partial charge in [0, 0.05) is 6.04 Å². The number of hydrogen-bond donors (Lipinski definition) is 3. The Morgan fingerprint density at radius 3 is 2.21 bits per heavy atom. The molecule has 19 heavy (non-hydrogen) atoms. The van der Waals surface area contributed by atoms with Crippen LogP contribution in [0.25, 0.3) is 0 Å². The van der Waals surface area contributed by atoms with Gasteiger partial charge in [-0.05, 0) is 20.3 Å². The first-order valence-corrected chi connectivity index (χ1v) is 5.93. The molecule has 0 rings (SSSR count). The lowest BCUT2D eigenvalue weighted by molar-refractivity contribution is -0.203.